The van der Waals surface area contributed by atoms with E-state index in [2.05, 4.69) is 75.8 Å². The molecule has 51 heavy (non-hydrogen) atoms. The number of hydrogen-bond acceptors (Lipinski definition) is 11. The zero-order valence-corrected chi connectivity index (χ0v) is 28.5. The number of morpholine rings is 2. The van der Waals surface area contributed by atoms with Gasteiger partial charge in [0, 0.05) is 68.3 Å². The maximum Gasteiger partial charge on any atom is 0.130 e. The normalized spacial score (nSPS) is 18.1. The molecule has 6 aromatic rings. The van der Waals surface area contributed by atoms with Crippen LogP contribution in [0.4, 0.5) is 11.6 Å². The van der Waals surface area contributed by atoms with Gasteiger partial charge in [-0.05, 0) is 84.8 Å². The monoisotopic (exact) mass is 683 g/mol. The molecule has 2 saturated heterocycles. The Morgan fingerprint density at radius 2 is 1.45 bits per heavy atom. The van der Waals surface area contributed by atoms with Gasteiger partial charge in [-0.25, -0.2) is 9.97 Å². The Labute approximate surface area is 295 Å². The number of nitrogens with zero attached hydrogens (tertiary/aromatic N) is 8. The van der Waals surface area contributed by atoms with Gasteiger partial charge in [-0.2, -0.15) is 10.2 Å². The van der Waals surface area contributed by atoms with E-state index < -0.39 is 0 Å². The molecule has 0 atom stereocenters. The average molecular weight is 684 g/mol. The highest BCUT2D eigenvalue weighted by Gasteiger charge is 2.28. The predicted molar refractivity (Wildman–Crippen MR) is 198 cm³/mol. The minimum absolute atomic E-state index is 0.657. The van der Waals surface area contributed by atoms with E-state index in [1.165, 1.54) is 34.9 Å². The highest BCUT2D eigenvalue weighted by molar-refractivity contribution is 5.99. The molecule has 0 bridgehead atoms. The SMILES string of the molecule is C1=C(c2cc(N3CCOCC3)nc3c(-c4ccn[nH]4)nccc23)CCNC1.c1cc2c(C3CC3)cc(N3CCOCC3)nc2c(-c2cc[nH]n2)n1. The Kier molecular flexibility index (Phi) is 8.82. The largest absolute Gasteiger partial charge is 0.378 e. The van der Waals surface area contributed by atoms with Gasteiger partial charge in [-0.1, -0.05) is 6.08 Å². The van der Waals surface area contributed by atoms with Crippen LogP contribution in [0.5, 0.6) is 0 Å². The number of nitrogens with one attached hydrogen (secondary N) is 3. The third kappa shape index (κ3) is 6.55. The van der Waals surface area contributed by atoms with E-state index in [0.717, 1.165) is 123 Å². The lowest BCUT2D eigenvalue weighted by atomic mass is 9.96. The molecular formula is C38H41N11O2. The Hall–Kier alpha value is -5.24. The maximum absolute atomic E-state index is 5.52. The Bertz CT molecular complexity index is 2150. The molecule has 6 aromatic heterocycles. The van der Waals surface area contributed by atoms with Crippen molar-refractivity contribution in [2.24, 2.45) is 0 Å². The molecule has 1 aliphatic carbocycles. The third-order valence-corrected chi connectivity index (χ3v) is 10.1. The van der Waals surface area contributed by atoms with Crippen molar-refractivity contribution in [3.63, 3.8) is 0 Å². The van der Waals surface area contributed by atoms with Gasteiger partial charge in [-0.15, -0.1) is 0 Å². The van der Waals surface area contributed by atoms with Crippen molar-refractivity contribution in [3.05, 3.63) is 78.4 Å². The van der Waals surface area contributed by atoms with Crippen LogP contribution in [0.25, 0.3) is 50.2 Å². The van der Waals surface area contributed by atoms with Gasteiger partial charge in [0.15, 0.2) is 0 Å². The topological polar surface area (TPSA) is 146 Å². The summed E-state index contributed by atoms with van der Waals surface area (Å²) in [4.78, 5) is 23.8. The first-order valence-electron chi connectivity index (χ1n) is 17.9. The Morgan fingerprint density at radius 1 is 0.745 bits per heavy atom. The quantitative estimate of drug-likeness (QED) is 0.219. The van der Waals surface area contributed by atoms with E-state index in [1.54, 1.807) is 6.20 Å². The number of aromatic amines is 2. The van der Waals surface area contributed by atoms with Gasteiger partial charge in [0.05, 0.1) is 32.1 Å². The predicted octanol–water partition coefficient (Wildman–Crippen LogP) is 4.97. The van der Waals surface area contributed by atoms with Gasteiger partial charge in [0.25, 0.3) is 0 Å². The van der Waals surface area contributed by atoms with Crippen LogP contribution in [0, 0.1) is 0 Å². The highest BCUT2D eigenvalue weighted by atomic mass is 16.5. The fraction of sp³-hybridized carbons (Fsp3) is 0.368. The summed E-state index contributed by atoms with van der Waals surface area (Å²) in [6.45, 7) is 8.41. The number of fused-ring (bicyclic) bond motifs is 2. The van der Waals surface area contributed by atoms with Gasteiger partial charge >= 0.3 is 0 Å². The molecule has 13 heteroatoms. The number of ether oxygens (including phenoxy) is 2. The second kappa shape index (κ2) is 14.2. The maximum atomic E-state index is 5.52. The van der Waals surface area contributed by atoms with E-state index in [4.69, 9.17) is 19.4 Å². The summed E-state index contributed by atoms with van der Waals surface area (Å²) >= 11 is 0. The molecule has 13 nitrogen and oxygen atoms in total. The molecule has 3 N–H and O–H groups in total. The van der Waals surface area contributed by atoms with Crippen LogP contribution in [0.1, 0.15) is 36.3 Å². The van der Waals surface area contributed by atoms with Gasteiger partial charge < -0.3 is 24.6 Å². The van der Waals surface area contributed by atoms with Gasteiger partial charge in [-0.3, -0.25) is 20.2 Å². The average Bonchev–Trinajstić information content (AvgIpc) is 3.62. The molecular weight excluding hydrogens is 642 g/mol. The molecule has 0 radical (unpaired) electrons. The number of aromatic nitrogens is 8. The molecule has 0 spiro atoms. The van der Waals surface area contributed by atoms with Crippen molar-refractivity contribution < 1.29 is 9.47 Å². The molecule has 260 valence electrons. The lowest BCUT2D eigenvalue weighted by molar-refractivity contribution is 0.122. The number of hydrogen-bond donors (Lipinski definition) is 3. The zero-order chi connectivity index (χ0) is 34.0. The number of H-pyrrole nitrogens is 2. The third-order valence-electron chi connectivity index (χ3n) is 10.1. The van der Waals surface area contributed by atoms with E-state index in [9.17, 15) is 0 Å². The summed E-state index contributed by atoms with van der Waals surface area (Å²) in [5.41, 5.74) is 9.33. The number of pyridine rings is 4. The molecule has 9 heterocycles. The second-order valence-corrected chi connectivity index (χ2v) is 13.3. The van der Waals surface area contributed by atoms with Crippen molar-refractivity contribution in [2.45, 2.75) is 25.2 Å². The molecule has 4 aliphatic rings. The molecule has 3 fully saturated rings. The molecule has 0 amide bonds. The molecule has 0 unspecified atom stereocenters. The van der Waals surface area contributed by atoms with Crippen LogP contribution in [-0.2, 0) is 9.47 Å². The fourth-order valence-corrected chi connectivity index (χ4v) is 7.24. The summed E-state index contributed by atoms with van der Waals surface area (Å²) in [6.07, 6.45) is 13.1. The lowest BCUT2D eigenvalue weighted by Crippen LogP contribution is -2.36. The number of rotatable bonds is 6. The summed E-state index contributed by atoms with van der Waals surface area (Å²) in [7, 11) is 0. The molecule has 3 aliphatic heterocycles. The van der Waals surface area contributed by atoms with E-state index in [-0.39, 0.29) is 0 Å². The van der Waals surface area contributed by atoms with Crippen molar-refractivity contribution in [3.8, 4) is 22.8 Å². The smallest absolute Gasteiger partial charge is 0.130 e. The van der Waals surface area contributed by atoms with Crippen LogP contribution in [-0.4, -0.2) is 106 Å². The first kappa shape index (κ1) is 31.7. The Balaban J connectivity index is 0.000000137. The van der Waals surface area contributed by atoms with Crippen LogP contribution in [0.2, 0.25) is 0 Å². The fourth-order valence-electron chi connectivity index (χ4n) is 7.24. The van der Waals surface area contributed by atoms with Crippen molar-refractivity contribution in [1.29, 1.82) is 0 Å². The van der Waals surface area contributed by atoms with Crippen LogP contribution < -0.4 is 15.1 Å². The highest BCUT2D eigenvalue weighted by Crippen LogP contribution is 2.45. The van der Waals surface area contributed by atoms with Gasteiger partial charge in [0.2, 0.25) is 0 Å². The Morgan fingerprint density at radius 3 is 2.10 bits per heavy atom. The molecule has 1 saturated carbocycles. The molecule has 10 rings (SSSR count). The van der Waals surface area contributed by atoms with E-state index in [0.29, 0.717) is 5.92 Å². The standard InChI is InChI=1S/C20H22N6O.C18H19N5O/c1-5-21-6-2-14(1)16-13-18(26-9-11-27-12-10-26)24-19-15(16)3-7-22-20(19)17-4-8-23-25-17;1-2-12(1)14-11-16(23-7-9-24-10-8-23)21-17-13(14)3-5-19-18(17)15-4-6-20-22-15/h1,3-4,7-8,13,21H,2,5-6,9-12H2,(H,23,25);3-6,11-12H,1-2,7-10H2,(H,20,22). The minimum atomic E-state index is 0.657. The van der Waals surface area contributed by atoms with Crippen molar-refractivity contribution in [2.75, 3.05) is 75.5 Å². The summed E-state index contributed by atoms with van der Waals surface area (Å²) in [5, 5.41) is 20.1. The first-order chi connectivity index (χ1) is 25.3. The summed E-state index contributed by atoms with van der Waals surface area (Å²) in [6, 6.07) is 12.6. The van der Waals surface area contributed by atoms with E-state index in [1.807, 2.05) is 30.7 Å². The zero-order valence-electron chi connectivity index (χ0n) is 28.5. The minimum Gasteiger partial charge on any atom is -0.378 e. The van der Waals surface area contributed by atoms with Crippen molar-refractivity contribution in [1.82, 2.24) is 45.6 Å². The first-order valence-corrected chi connectivity index (χ1v) is 17.9. The van der Waals surface area contributed by atoms with Crippen LogP contribution in [0.15, 0.2) is 67.3 Å². The van der Waals surface area contributed by atoms with E-state index >= 15 is 0 Å². The molecule has 0 aromatic carbocycles. The lowest BCUT2D eigenvalue weighted by Gasteiger charge is -2.29. The van der Waals surface area contributed by atoms with Crippen molar-refractivity contribution >= 4 is 39.0 Å². The number of anilines is 2. The van der Waals surface area contributed by atoms with Crippen LogP contribution in [0.3, 0.4) is 0 Å². The van der Waals surface area contributed by atoms with Crippen LogP contribution >= 0.6 is 0 Å². The summed E-state index contributed by atoms with van der Waals surface area (Å²) < 4.78 is 11.0. The second-order valence-electron chi connectivity index (χ2n) is 13.3. The summed E-state index contributed by atoms with van der Waals surface area (Å²) in [5.74, 6) is 2.69. The van der Waals surface area contributed by atoms with Gasteiger partial charge in [0.1, 0.15) is 39.8 Å².